The van der Waals surface area contributed by atoms with Crippen molar-refractivity contribution in [3.8, 4) is 0 Å². The van der Waals surface area contributed by atoms with Crippen molar-refractivity contribution in [2.24, 2.45) is 5.92 Å². The highest BCUT2D eigenvalue weighted by Gasteiger charge is 2.30. The molecule has 1 saturated heterocycles. The summed E-state index contributed by atoms with van der Waals surface area (Å²) in [6.45, 7) is 4.98. The second kappa shape index (κ2) is 6.02. The zero-order chi connectivity index (χ0) is 16.6. The topological polar surface area (TPSA) is 63.9 Å². The van der Waals surface area contributed by atoms with Crippen LogP contribution < -0.4 is 0 Å². The third kappa shape index (κ3) is 2.69. The number of piperidine rings is 1. The zero-order valence-electron chi connectivity index (χ0n) is 13.7. The van der Waals surface area contributed by atoms with Gasteiger partial charge in [-0.2, -0.15) is 0 Å². The van der Waals surface area contributed by atoms with Gasteiger partial charge in [-0.25, -0.2) is 4.98 Å². The Morgan fingerprint density at radius 1 is 1.26 bits per heavy atom. The van der Waals surface area contributed by atoms with Crippen LogP contribution in [0, 0.1) is 19.8 Å². The van der Waals surface area contributed by atoms with Crippen LogP contribution in [0.1, 0.15) is 34.6 Å². The van der Waals surface area contributed by atoms with Crippen molar-refractivity contribution in [3.05, 3.63) is 35.3 Å². The Morgan fingerprint density at radius 3 is 2.61 bits per heavy atom. The molecule has 0 N–H and O–H groups in total. The van der Waals surface area contributed by atoms with E-state index in [1.54, 1.807) is 4.90 Å². The number of carbonyl (C=O) groups excluding carboxylic acids is 2. The number of nitrogens with zero attached hydrogens (tertiary/aromatic N) is 3. The molecule has 0 saturated carbocycles. The van der Waals surface area contributed by atoms with Crippen LogP contribution in [0.4, 0.5) is 0 Å². The molecule has 1 amide bonds. The monoisotopic (exact) mass is 315 g/mol. The van der Waals surface area contributed by atoms with E-state index >= 15 is 0 Å². The Bertz CT molecular complexity index is 758. The molecule has 6 heteroatoms. The van der Waals surface area contributed by atoms with E-state index in [4.69, 9.17) is 4.74 Å². The van der Waals surface area contributed by atoms with Crippen LogP contribution in [0.5, 0.6) is 0 Å². The van der Waals surface area contributed by atoms with Gasteiger partial charge in [0.25, 0.3) is 5.91 Å². The molecule has 23 heavy (non-hydrogen) atoms. The van der Waals surface area contributed by atoms with Crippen LogP contribution in [0.3, 0.4) is 0 Å². The van der Waals surface area contributed by atoms with E-state index < -0.39 is 0 Å². The summed E-state index contributed by atoms with van der Waals surface area (Å²) < 4.78 is 6.65. The van der Waals surface area contributed by atoms with Gasteiger partial charge in [-0.3, -0.25) is 14.0 Å². The number of fused-ring (bicyclic) bond motifs is 1. The van der Waals surface area contributed by atoms with Crippen LogP contribution in [0.2, 0.25) is 0 Å². The molecule has 0 unspecified atom stereocenters. The third-order valence-electron chi connectivity index (χ3n) is 4.54. The maximum absolute atomic E-state index is 12.9. The van der Waals surface area contributed by atoms with Crippen molar-refractivity contribution in [2.75, 3.05) is 20.2 Å². The van der Waals surface area contributed by atoms with E-state index in [1.807, 2.05) is 36.6 Å². The Morgan fingerprint density at radius 2 is 1.96 bits per heavy atom. The molecule has 3 heterocycles. The Hall–Kier alpha value is -2.37. The predicted molar refractivity (Wildman–Crippen MR) is 85.3 cm³/mol. The summed E-state index contributed by atoms with van der Waals surface area (Å²) in [4.78, 5) is 30.8. The number of methoxy groups -OCH3 is 1. The van der Waals surface area contributed by atoms with E-state index in [-0.39, 0.29) is 17.8 Å². The molecule has 1 aliphatic rings. The first-order valence-corrected chi connectivity index (χ1v) is 7.84. The van der Waals surface area contributed by atoms with Gasteiger partial charge in [0.2, 0.25) is 0 Å². The number of likely N-dealkylation sites (tertiary alicyclic amines) is 1. The van der Waals surface area contributed by atoms with Crippen molar-refractivity contribution in [2.45, 2.75) is 26.7 Å². The number of amides is 1. The van der Waals surface area contributed by atoms with Gasteiger partial charge in [0, 0.05) is 19.3 Å². The first-order valence-electron chi connectivity index (χ1n) is 7.84. The standard InChI is InChI=1S/C17H21N3O3/c1-11-5-4-8-20-14(12(2)18-15(11)20)16(21)19-9-6-13(7-10-19)17(22)23-3/h4-5,8,13H,6-7,9-10H2,1-3H3. The van der Waals surface area contributed by atoms with Crippen molar-refractivity contribution in [1.82, 2.24) is 14.3 Å². The van der Waals surface area contributed by atoms with Crippen molar-refractivity contribution in [3.63, 3.8) is 0 Å². The lowest BCUT2D eigenvalue weighted by atomic mass is 9.97. The van der Waals surface area contributed by atoms with Crippen molar-refractivity contribution in [1.29, 1.82) is 0 Å². The van der Waals surface area contributed by atoms with Crippen LogP contribution in [0.15, 0.2) is 18.3 Å². The summed E-state index contributed by atoms with van der Waals surface area (Å²) in [5.74, 6) is -0.308. The number of hydrogen-bond acceptors (Lipinski definition) is 4. The molecule has 2 aromatic rings. The molecular formula is C17H21N3O3. The van der Waals surface area contributed by atoms with Gasteiger partial charge in [0.05, 0.1) is 18.7 Å². The summed E-state index contributed by atoms with van der Waals surface area (Å²) in [6.07, 6.45) is 3.16. The quantitative estimate of drug-likeness (QED) is 0.795. The average molecular weight is 315 g/mol. The van der Waals surface area contributed by atoms with E-state index in [0.29, 0.717) is 31.6 Å². The van der Waals surface area contributed by atoms with Gasteiger partial charge in [0.1, 0.15) is 11.3 Å². The smallest absolute Gasteiger partial charge is 0.308 e. The van der Waals surface area contributed by atoms with E-state index in [2.05, 4.69) is 4.98 Å². The maximum Gasteiger partial charge on any atom is 0.308 e. The highest BCUT2D eigenvalue weighted by molar-refractivity contribution is 5.95. The van der Waals surface area contributed by atoms with Crippen LogP contribution in [0.25, 0.3) is 5.65 Å². The number of rotatable bonds is 2. The fourth-order valence-electron chi connectivity index (χ4n) is 3.21. The molecule has 0 atom stereocenters. The van der Waals surface area contributed by atoms with Crippen LogP contribution in [-0.4, -0.2) is 46.4 Å². The molecule has 2 aromatic heterocycles. The minimum atomic E-state index is -0.182. The molecule has 1 fully saturated rings. The molecule has 3 rings (SSSR count). The molecule has 0 aliphatic carbocycles. The molecule has 0 radical (unpaired) electrons. The SMILES string of the molecule is COC(=O)C1CCN(C(=O)c2c(C)nc3c(C)cccn23)CC1. The van der Waals surface area contributed by atoms with Gasteiger partial charge in [-0.05, 0) is 38.3 Å². The number of aromatic nitrogens is 2. The zero-order valence-corrected chi connectivity index (χ0v) is 13.7. The van der Waals surface area contributed by atoms with Gasteiger partial charge in [-0.1, -0.05) is 6.07 Å². The van der Waals surface area contributed by atoms with Crippen LogP contribution >= 0.6 is 0 Å². The Kier molecular flexibility index (Phi) is 4.07. The fraction of sp³-hybridized carbons (Fsp3) is 0.471. The van der Waals surface area contributed by atoms with Gasteiger partial charge in [-0.15, -0.1) is 0 Å². The number of pyridine rings is 1. The van der Waals surface area contributed by atoms with Gasteiger partial charge >= 0.3 is 5.97 Å². The Balaban J connectivity index is 1.84. The molecule has 0 spiro atoms. The number of esters is 1. The minimum Gasteiger partial charge on any atom is -0.469 e. The summed E-state index contributed by atoms with van der Waals surface area (Å²) >= 11 is 0. The minimum absolute atomic E-state index is 0.0242. The maximum atomic E-state index is 12.9. The second-order valence-corrected chi connectivity index (χ2v) is 6.02. The van der Waals surface area contributed by atoms with Gasteiger partial charge in [0.15, 0.2) is 0 Å². The number of ether oxygens (including phenoxy) is 1. The molecule has 6 nitrogen and oxygen atoms in total. The number of imidazole rings is 1. The van der Waals surface area contributed by atoms with Crippen molar-refractivity contribution < 1.29 is 14.3 Å². The average Bonchev–Trinajstić information content (AvgIpc) is 2.91. The number of carbonyl (C=O) groups is 2. The first kappa shape index (κ1) is 15.5. The number of hydrogen-bond donors (Lipinski definition) is 0. The highest BCUT2D eigenvalue weighted by atomic mass is 16.5. The molecule has 0 bridgehead atoms. The fourth-order valence-corrected chi connectivity index (χ4v) is 3.21. The van der Waals surface area contributed by atoms with Gasteiger partial charge < -0.3 is 9.64 Å². The lowest BCUT2D eigenvalue weighted by Gasteiger charge is -2.30. The lowest BCUT2D eigenvalue weighted by molar-refractivity contribution is -0.146. The molecule has 0 aromatic carbocycles. The molecular weight excluding hydrogens is 294 g/mol. The number of aryl methyl sites for hydroxylation is 2. The van der Waals surface area contributed by atoms with E-state index in [0.717, 1.165) is 16.9 Å². The van der Waals surface area contributed by atoms with E-state index in [1.165, 1.54) is 7.11 Å². The van der Waals surface area contributed by atoms with Crippen LogP contribution in [-0.2, 0) is 9.53 Å². The second-order valence-electron chi connectivity index (χ2n) is 6.02. The lowest BCUT2D eigenvalue weighted by Crippen LogP contribution is -2.41. The highest BCUT2D eigenvalue weighted by Crippen LogP contribution is 2.22. The molecule has 1 aliphatic heterocycles. The molecule has 122 valence electrons. The Labute approximate surface area is 135 Å². The normalized spacial score (nSPS) is 15.9. The summed E-state index contributed by atoms with van der Waals surface area (Å²) in [7, 11) is 1.41. The summed E-state index contributed by atoms with van der Waals surface area (Å²) in [6, 6.07) is 3.90. The predicted octanol–water partition coefficient (Wildman–Crippen LogP) is 1.98. The summed E-state index contributed by atoms with van der Waals surface area (Å²) in [5.41, 5.74) is 3.21. The third-order valence-corrected chi connectivity index (χ3v) is 4.54. The first-order chi connectivity index (χ1) is 11.0. The van der Waals surface area contributed by atoms with Crippen molar-refractivity contribution >= 4 is 17.5 Å². The largest absolute Gasteiger partial charge is 0.469 e. The summed E-state index contributed by atoms with van der Waals surface area (Å²) in [5, 5.41) is 0. The van der Waals surface area contributed by atoms with E-state index in [9.17, 15) is 9.59 Å².